The molecule has 102 valence electrons. The summed E-state index contributed by atoms with van der Waals surface area (Å²) < 4.78 is 6.53. The summed E-state index contributed by atoms with van der Waals surface area (Å²) in [5, 5.41) is 0. The van der Waals surface area contributed by atoms with Crippen LogP contribution in [0.1, 0.15) is 34.3 Å². The van der Waals surface area contributed by atoms with Crippen molar-refractivity contribution in [3.05, 3.63) is 63.6 Å². The highest BCUT2D eigenvalue weighted by Crippen LogP contribution is 2.32. The van der Waals surface area contributed by atoms with E-state index in [1.165, 1.54) is 0 Å². The molecule has 2 nitrogen and oxygen atoms in total. The Balaban J connectivity index is 2.02. The molecule has 0 aliphatic carbocycles. The van der Waals surface area contributed by atoms with E-state index in [0.29, 0.717) is 11.1 Å². The third-order valence-corrected chi connectivity index (χ3v) is 4.18. The lowest BCUT2D eigenvalue weighted by atomic mass is 9.99. The third-order valence-electron chi connectivity index (χ3n) is 3.53. The lowest BCUT2D eigenvalue weighted by Gasteiger charge is -2.11. The largest absolute Gasteiger partial charge is 0.493 e. The highest BCUT2D eigenvalue weighted by molar-refractivity contribution is 9.10. The van der Waals surface area contributed by atoms with Gasteiger partial charge in [0.05, 0.1) is 6.61 Å². The molecular weight excluding hydrogens is 316 g/mol. The first-order valence-corrected chi connectivity index (χ1v) is 7.60. The van der Waals surface area contributed by atoms with Gasteiger partial charge in [0, 0.05) is 15.6 Å². The molecule has 0 radical (unpaired) electrons. The second kappa shape index (κ2) is 5.80. The molecular formula is C17H15BrO2. The van der Waals surface area contributed by atoms with Crippen molar-refractivity contribution in [1.29, 1.82) is 0 Å². The number of benzene rings is 2. The Morgan fingerprint density at radius 3 is 2.70 bits per heavy atom. The number of aryl methyl sites for hydroxylation is 1. The molecule has 1 aliphatic heterocycles. The zero-order valence-corrected chi connectivity index (χ0v) is 12.7. The van der Waals surface area contributed by atoms with Gasteiger partial charge in [-0.25, -0.2) is 0 Å². The number of hydrogen-bond acceptors (Lipinski definition) is 2. The first-order chi connectivity index (χ1) is 9.75. The Morgan fingerprint density at radius 2 is 1.90 bits per heavy atom. The van der Waals surface area contributed by atoms with E-state index in [1.54, 1.807) is 0 Å². The molecule has 3 heteroatoms. The quantitative estimate of drug-likeness (QED) is 0.763. The van der Waals surface area contributed by atoms with Crippen LogP contribution in [0, 0.1) is 0 Å². The highest BCUT2D eigenvalue weighted by Gasteiger charge is 2.17. The molecule has 0 N–H and O–H groups in total. The third kappa shape index (κ3) is 2.63. The Bertz CT molecular complexity index is 635. The Labute approximate surface area is 126 Å². The second-order valence-corrected chi connectivity index (χ2v) is 5.79. The van der Waals surface area contributed by atoms with Gasteiger partial charge < -0.3 is 4.74 Å². The normalized spacial score (nSPS) is 14.1. The maximum Gasteiger partial charge on any atom is 0.194 e. The van der Waals surface area contributed by atoms with Crippen molar-refractivity contribution in [3.63, 3.8) is 0 Å². The van der Waals surface area contributed by atoms with E-state index in [0.717, 1.165) is 41.7 Å². The molecule has 2 aromatic carbocycles. The molecule has 20 heavy (non-hydrogen) atoms. The molecule has 1 aliphatic rings. The van der Waals surface area contributed by atoms with Crippen LogP contribution in [0.25, 0.3) is 0 Å². The molecule has 2 aromatic rings. The first-order valence-electron chi connectivity index (χ1n) is 6.80. The van der Waals surface area contributed by atoms with E-state index in [2.05, 4.69) is 15.9 Å². The van der Waals surface area contributed by atoms with Gasteiger partial charge in [0.15, 0.2) is 5.78 Å². The molecule has 1 heterocycles. The van der Waals surface area contributed by atoms with Gasteiger partial charge in [-0.1, -0.05) is 30.3 Å². The first kappa shape index (κ1) is 13.4. The fraction of sp³-hybridized carbons (Fsp3) is 0.235. The van der Waals surface area contributed by atoms with E-state index in [-0.39, 0.29) is 5.78 Å². The maximum absolute atomic E-state index is 12.6. The Morgan fingerprint density at radius 1 is 1.10 bits per heavy atom. The Kier molecular flexibility index (Phi) is 3.88. The van der Waals surface area contributed by atoms with Crippen molar-refractivity contribution in [1.82, 2.24) is 0 Å². The summed E-state index contributed by atoms with van der Waals surface area (Å²) in [4.78, 5) is 12.6. The fourth-order valence-corrected chi connectivity index (χ4v) is 2.95. The van der Waals surface area contributed by atoms with Crippen LogP contribution in [0.2, 0.25) is 0 Å². The molecule has 0 saturated heterocycles. The van der Waals surface area contributed by atoms with E-state index in [4.69, 9.17) is 4.74 Å². The monoisotopic (exact) mass is 330 g/mol. The number of carbonyl (C=O) groups excluding carboxylic acids is 1. The van der Waals surface area contributed by atoms with E-state index >= 15 is 0 Å². The highest BCUT2D eigenvalue weighted by atomic mass is 79.9. The average Bonchev–Trinajstić information content (AvgIpc) is 2.71. The number of rotatable bonds is 2. The minimum atomic E-state index is 0.0459. The summed E-state index contributed by atoms with van der Waals surface area (Å²) in [6.45, 7) is 0.755. The summed E-state index contributed by atoms with van der Waals surface area (Å²) in [6.07, 6.45) is 3.14. The van der Waals surface area contributed by atoms with Crippen molar-refractivity contribution in [2.45, 2.75) is 19.3 Å². The van der Waals surface area contributed by atoms with Crippen LogP contribution in [0.15, 0.2) is 46.9 Å². The summed E-state index contributed by atoms with van der Waals surface area (Å²) in [5.74, 6) is 0.948. The molecule has 0 amide bonds. The minimum Gasteiger partial charge on any atom is -0.493 e. The molecule has 0 bridgehead atoms. The topological polar surface area (TPSA) is 26.3 Å². The Hall–Kier alpha value is -1.61. The molecule has 0 aromatic heterocycles. The van der Waals surface area contributed by atoms with Crippen molar-refractivity contribution < 1.29 is 9.53 Å². The standard InChI is InChI=1S/C17H15BrO2/c18-15-11-16-13(8-4-5-9-20-16)10-14(15)17(19)12-6-2-1-3-7-12/h1-3,6-7,10-11H,4-5,8-9H2. The van der Waals surface area contributed by atoms with Crippen LogP contribution in [0.5, 0.6) is 5.75 Å². The fourth-order valence-electron chi connectivity index (χ4n) is 2.45. The summed E-state index contributed by atoms with van der Waals surface area (Å²) in [6, 6.07) is 13.3. The van der Waals surface area contributed by atoms with E-state index in [9.17, 15) is 4.79 Å². The second-order valence-electron chi connectivity index (χ2n) is 4.94. The van der Waals surface area contributed by atoms with Crippen LogP contribution in [-0.2, 0) is 6.42 Å². The van der Waals surface area contributed by atoms with Crippen molar-refractivity contribution in [3.8, 4) is 5.75 Å². The van der Waals surface area contributed by atoms with Gasteiger partial charge in [0.2, 0.25) is 0 Å². The van der Waals surface area contributed by atoms with Crippen molar-refractivity contribution in [2.75, 3.05) is 6.61 Å². The van der Waals surface area contributed by atoms with Gasteiger partial charge in [-0.2, -0.15) is 0 Å². The zero-order chi connectivity index (χ0) is 13.9. The van der Waals surface area contributed by atoms with Gasteiger partial charge >= 0.3 is 0 Å². The van der Waals surface area contributed by atoms with Gasteiger partial charge in [0.25, 0.3) is 0 Å². The molecule has 0 unspecified atom stereocenters. The van der Waals surface area contributed by atoms with Gasteiger partial charge in [-0.05, 0) is 52.9 Å². The van der Waals surface area contributed by atoms with E-state index in [1.807, 2.05) is 42.5 Å². The predicted octanol–water partition coefficient (Wildman–Crippen LogP) is 4.40. The maximum atomic E-state index is 12.6. The lowest BCUT2D eigenvalue weighted by Crippen LogP contribution is -2.04. The molecule has 0 saturated carbocycles. The van der Waals surface area contributed by atoms with Crippen LogP contribution in [0.3, 0.4) is 0 Å². The number of ether oxygens (including phenoxy) is 1. The predicted molar refractivity (Wildman–Crippen MR) is 82.4 cm³/mol. The van der Waals surface area contributed by atoms with Crippen LogP contribution < -0.4 is 4.74 Å². The lowest BCUT2D eigenvalue weighted by molar-refractivity contribution is 0.103. The van der Waals surface area contributed by atoms with Gasteiger partial charge in [0.1, 0.15) is 5.75 Å². The van der Waals surface area contributed by atoms with Crippen LogP contribution in [-0.4, -0.2) is 12.4 Å². The minimum absolute atomic E-state index is 0.0459. The molecule has 0 atom stereocenters. The van der Waals surface area contributed by atoms with Crippen LogP contribution in [0.4, 0.5) is 0 Å². The van der Waals surface area contributed by atoms with Gasteiger partial charge in [-0.15, -0.1) is 0 Å². The number of hydrogen-bond donors (Lipinski definition) is 0. The summed E-state index contributed by atoms with van der Waals surface area (Å²) in [5.41, 5.74) is 2.55. The zero-order valence-electron chi connectivity index (χ0n) is 11.1. The van der Waals surface area contributed by atoms with E-state index < -0.39 is 0 Å². The molecule has 0 spiro atoms. The SMILES string of the molecule is O=C(c1ccccc1)c1cc2c(cc1Br)OCCCC2. The smallest absolute Gasteiger partial charge is 0.194 e. The number of ketones is 1. The van der Waals surface area contributed by atoms with Crippen molar-refractivity contribution >= 4 is 21.7 Å². The van der Waals surface area contributed by atoms with Gasteiger partial charge in [-0.3, -0.25) is 4.79 Å². The van der Waals surface area contributed by atoms with Crippen LogP contribution >= 0.6 is 15.9 Å². The molecule has 0 fully saturated rings. The summed E-state index contributed by atoms with van der Waals surface area (Å²) >= 11 is 3.50. The average molecular weight is 331 g/mol. The molecule has 3 rings (SSSR count). The number of halogens is 1. The van der Waals surface area contributed by atoms with Crippen molar-refractivity contribution in [2.24, 2.45) is 0 Å². The summed E-state index contributed by atoms with van der Waals surface area (Å²) in [7, 11) is 0. The number of fused-ring (bicyclic) bond motifs is 1. The number of carbonyl (C=O) groups is 1.